The van der Waals surface area contributed by atoms with Gasteiger partial charge in [-0.2, -0.15) is 18.3 Å². The Labute approximate surface area is 171 Å². The summed E-state index contributed by atoms with van der Waals surface area (Å²) in [6.07, 6.45) is 0.245. The summed E-state index contributed by atoms with van der Waals surface area (Å²) in [6.45, 7) is 1.39. The predicted octanol–water partition coefficient (Wildman–Crippen LogP) is 2.49. The van der Waals surface area contributed by atoms with Gasteiger partial charge in [0.05, 0.1) is 17.3 Å². The number of nitrogens with one attached hydrogen (secondary N) is 1. The molecule has 0 aliphatic carbocycles. The highest BCUT2D eigenvalue weighted by molar-refractivity contribution is 5.93. The molecular weight excluding hydrogens is 401 g/mol. The fourth-order valence-corrected chi connectivity index (χ4v) is 3.24. The molecule has 1 saturated heterocycles. The molecule has 2 aromatic rings. The Hall–Kier alpha value is -3.04. The van der Waals surface area contributed by atoms with E-state index in [9.17, 15) is 22.8 Å². The quantitative estimate of drug-likeness (QED) is 0.773. The summed E-state index contributed by atoms with van der Waals surface area (Å²) in [5.74, 6) is 0.0918. The van der Waals surface area contributed by atoms with Crippen LogP contribution in [0.2, 0.25) is 0 Å². The van der Waals surface area contributed by atoms with Crippen molar-refractivity contribution in [3.05, 3.63) is 47.8 Å². The van der Waals surface area contributed by atoms with Crippen molar-refractivity contribution in [3.8, 4) is 5.75 Å². The van der Waals surface area contributed by atoms with Gasteiger partial charge in [0.25, 0.3) is 11.8 Å². The van der Waals surface area contributed by atoms with E-state index in [2.05, 4.69) is 10.4 Å². The lowest BCUT2D eigenvalue weighted by molar-refractivity contribution is -0.138. The number of nitrogens with zero attached hydrogens (tertiary/aromatic N) is 3. The van der Waals surface area contributed by atoms with Gasteiger partial charge in [-0.15, -0.1) is 0 Å². The molecule has 1 aromatic heterocycles. The summed E-state index contributed by atoms with van der Waals surface area (Å²) in [5.41, 5.74) is -0.260. The fraction of sp³-hybridized carbons (Fsp3) is 0.450. The third kappa shape index (κ3) is 5.74. The second-order valence-electron chi connectivity index (χ2n) is 7.25. The van der Waals surface area contributed by atoms with Crippen LogP contribution in [-0.4, -0.2) is 52.7 Å². The summed E-state index contributed by atoms with van der Waals surface area (Å²) < 4.78 is 44.6. The zero-order chi connectivity index (χ0) is 21.7. The summed E-state index contributed by atoms with van der Waals surface area (Å²) in [5, 5.41) is 6.85. The highest BCUT2D eigenvalue weighted by atomic mass is 19.4. The Kier molecular flexibility index (Phi) is 6.63. The highest BCUT2D eigenvalue weighted by Gasteiger charge is 2.30. The van der Waals surface area contributed by atoms with E-state index < -0.39 is 11.7 Å². The van der Waals surface area contributed by atoms with Crippen molar-refractivity contribution in [2.75, 3.05) is 26.2 Å². The zero-order valence-corrected chi connectivity index (χ0v) is 16.5. The van der Waals surface area contributed by atoms with Crippen LogP contribution >= 0.6 is 0 Å². The lowest BCUT2D eigenvalue weighted by Crippen LogP contribution is -2.43. The third-order valence-electron chi connectivity index (χ3n) is 5.03. The Morgan fingerprint density at radius 1 is 1.20 bits per heavy atom. The van der Waals surface area contributed by atoms with Crippen LogP contribution in [0, 0.1) is 5.92 Å². The predicted molar refractivity (Wildman–Crippen MR) is 102 cm³/mol. The summed E-state index contributed by atoms with van der Waals surface area (Å²) >= 11 is 0. The molecule has 3 rings (SSSR count). The standard InChI is InChI=1S/C20H23F3N4O3/c1-26-12-15(11-25-26)19(29)24-10-14-6-8-27(9-7-14)18(28)13-30-17-4-2-16(3-5-17)20(21,22)23/h2-5,11-12,14H,6-10,13H2,1H3,(H,24,29). The van der Waals surface area contributed by atoms with Gasteiger partial charge in [0.2, 0.25) is 0 Å². The Bertz CT molecular complexity index is 872. The lowest BCUT2D eigenvalue weighted by Gasteiger charge is -2.32. The van der Waals surface area contributed by atoms with E-state index in [4.69, 9.17) is 4.74 Å². The topological polar surface area (TPSA) is 76.5 Å². The largest absolute Gasteiger partial charge is 0.484 e. The Balaban J connectivity index is 1.38. The summed E-state index contributed by atoms with van der Waals surface area (Å²) in [6, 6.07) is 4.25. The van der Waals surface area contributed by atoms with Crippen molar-refractivity contribution in [3.63, 3.8) is 0 Å². The minimum absolute atomic E-state index is 0.174. The number of benzene rings is 1. The molecule has 2 heterocycles. The first-order valence-electron chi connectivity index (χ1n) is 9.57. The number of hydrogen-bond donors (Lipinski definition) is 1. The molecule has 1 aromatic carbocycles. The van der Waals surface area contributed by atoms with Crippen LogP contribution in [0.1, 0.15) is 28.8 Å². The van der Waals surface area contributed by atoms with E-state index in [-0.39, 0.29) is 30.1 Å². The maximum Gasteiger partial charge on any atom is 0.416 e. The number of hydrogen-bond acceptors (Lipinski definition) is 4. The van der Waals surface area contributed by atoms with Gasteiger partial charge < -0.3 is 15.0 Å². The molecule has 0 bridgehead atoms. The van der Waals surface area contributed by atoms with E-state index >= 15 is 0 Å². The molecule has 162 valence electrons. The maximum atomic E-state index is 12.6. The van der Waals surface area contributed by atoms with E-state index in [1.54, 1.807) is 22.8 Å². The molecule has 1 aliphatic rings. The number of alkyl halides is 3. The molecule has 0 spiro atoms. The minimum atomic E-state index is -4.41. The number of carbonyl (C=O) groups is 2. The van der Waals surface area contributed by atoms with Gasteiger partial charge in [-0.3, -0.25) is 14.3 Å². The van der Waals surface area contributed by atoms with Crippen molar-refractivity contribution < 1.29 is 27.5 Å². The SMILES string of the molecule is Cn1cc(C(=O)NCC2CCN(C(=O)COc3ccc(C(F)(F)F)cc3)CC2)cn1. The molecule has 2 amide bonds. The molecule has 0 unspecified atom stereocenters. The number of likely N-dealkylation sites (tertiary alicyclic amines) is 1. The Morgan fingerprint density at radius 2 is 1.87 bits per heavy atom. The van der Waals surface area contributed by atoms with Crippen molar-refractivity contribution >= 4 is 11.8 Å². The number of rotatable bonds is 6. The van der Waals surface area contributed by atoms with Gasteiger partial charge in [0, 0.05) is 32.9 Å². The van der Waals surface area contributed by atoms with Crippen molar-refractivity contribution in [2.24, 2.45) is 13.0 Å². The average Bonchev–Trinajstić information content (AvgIpc) is 3.16. The zero-order valence-electron chi connectivity index (χ0n) is 16.5. The number of amides is 2. The number of carbonyl (C=O) groups excluding carboxylic acids is 2. The van der Waals surface area contributed by atoms with Crippen LogP contribution in [0.3, 0.4) is 0 Å². The molecule has 1 N–H and O–H groups in total. The highest BCUT2D eigenvalue weighted by Crippen LogP contribution is 2.30. The van der Waals surface area contributed by atoms with E-state index in [0.29, 0.717) is 25.2 Å². The Morgan fingerprint density at radius 3 is 2.43 bits per heavy atom. The smallest absolute Gasteiger partial charge is 0.416 e. The van der Waals surface area contributed by atoms with Crippen molar-refractivity contribution in [2.45, 2.75) is 19.0 Å². The molecule has 0 radical (unpaired) electrons. The summed E-state index contributed by atoms with van der Waals surface area (Å²) in [7, 11) is 1.74. The fourth-order valence-electron chi connectivity index (χ4n) is 3.24. The van der Waals surface area contributed by atoms with Crippen LogP contribution in [0.25, 0.3) is 0 Å². The van der Waals surface area contributed by atoms with Crippen molar-refractivity contribution in [1.29, 1.82) is 0 Å². The molecule has 0 atom stereocenters. The molecule has 1 aliphatic heterocycles. The third-order valence-corrected chi connectivity index (χ3v) is 5.03. The van der Waals surface area contributed by atoms with Crippen LogP contribution < -0.4 is 10.1 Å². The van der Waals surface area contributed by atoms with E-state index in [0.717, 1.165) is 25.0 Å². The van der Waals surface area contributed by atoms with Gasteiger partial charge in [-0.05, 0) is 43.0 Å². The number of halogens is 3. The monoisotopic (exact) mass is 424 g/mol. The van der Waals surface area contributed by atoms with Crippen molar-refractivity contribution in [1.82, 2.24) is 20.0 Å². The summed E-state index contributed by atoms with van der Waals surface area (Å²) in [4.78, 5) is 26.0. The van der Waals surface area contributed by atoms with E-state index in [1.807, 2.05) is 0 Å². The minimum Gasteiger partial charge on any atom is -0.484 e. The molecular formula is C20H23F3N4O3. The normalized spacial score (nSPS) is 15.1. The van der Waals surface area contributed by atoms with Gasteiger partial charge in [-0.25, -0.2) is 0 Å². The number of ether oxygens (including phenoxy) is 1. The molecule has 1 fully saturated rings. The van der Waals surface area contributed by atoms with Crippen LogP contribution in [-0.2, 0) is 18.0 Å². The first-order valence-corrected chi connectivity index (χ1v) is 9.57. The molecule has 0 saturated carbocycles. The lowest BCUT2D eigenvalue weighted by atomic mass is 9.96. The van der Waals surface area contributed by atoms with Gasteiger partial charge >= 0.3 is 6.18 Å². The molecule has 10 heteroatoms. The second-order valence-corrected chi connectivity index (χ2v) is 7.25. The van der Waals surface area contributed by atoms with E-state index in [1.165, 1.54) is 18.3 Å². The first kappa shape index (κ1) is 21.7. The second kappa shape index (κ2) is 9.19. The van der Waals surface area contributed by atoms with Crippen LogP contribution in [0.5, 0.6) is 5.75 Å². The number of piperidine rings is 1. The van der Waals surface area contributed by atoms with Gasteiger partial charge in [0.15, 0.2) is 6.61 Å². The molecule has 7 nitrogen and oxygen atoms in total. The number of aryl methyl sites for hydroxylation is 1. The average molecular weight is 424 g/mol. The molecule has 30 heavy (non-hydrogen) atoms. The number of aromatic nitrogens is 2. The maximum absolute atomic E-state index is 12.6. The first-order chi connectivity index (χ1) is 14.2. The van der Waals surface area contributed by atoms with Crippen LogP contribution in [0.4, 0.5) is 13.2 Å². The van der Waals surface area contributed by atoms with Gasteiger partial charge in [-0.1, -0.05) is 0 Å². The van der Waals surface area contributed by atoms with Crippen LogP contribution in [0.15, 0.2) is 36.7 Å². The van der Waals surface area contributed by atoms with Gasteiger partial charge in [0.1, 0.15) is 5.75 Å².